The van der Waals surface area contributed by atoms with Crippen LogP contribution in [0.25, 0.3) is 0 Å². The maximum atomic E-state index is 11.2. The van der Waals surface area contributed by atoms with E-state index >= 15 is 0 Å². The van der Waals surface area contributed by atoms with Gasteiger partial charge in [0, 0.05) is 4.47 Å². The number of aromatic nitrogens is 3. The van der Waals surface area contributed by atoms with E-state index in [1.807, 2.05) is 25.1 Å². The van der Waals surface area contributed by atoms with Gasteiger partial charge in [-0.3, -0.25) is 0 Å². The fourth-order valence-corrected chi connectivity index (χ4v) is 2.49. The molecule has 6 nitrogen and oxygen atoms in total. The lowest BCUT2D eigenvalue weighted by Gasteiger charge is -2.22. The predicted octanol–water partition coefficient (Wildman–Crippen LogP) is 2.33. The second-order valence-corrected chi connectivity index (χ2v) is 5.35. The molecule has 1 aromatic carbocycles. The third kappa shape index (κ3) is 2.09. The number of anilines is 1. The number of hydrogen-bond acceptors (Lipinski definition) is 4. The third-order valence-corrected chi connectivity index (χ3v) is 4.03. The zero-order valence-electron chi connectivity index (χ0n) is 10.5. The second-order valence-electron chi connectivity index (χ2n) is 4.49. The number of halogens is 1. The van der Waals surface area contributed by atoms with Crippen LogP contribution in [0.5, 0.6) is 0 Å². The molecule has 1 aliphatic heterocycles. The molecule has 1 aromatic heterocycles. The zero-order valence-corrected chi connectivity index (χ0v) is 12.1. The Morgan fingerprint density at radius 2 is 2.30 bits per heavy atom. The molecule has 0 aliphatic carbocycles. The number of aryl methyl sites for hydroxylation is 1. The maximum absolute atomic E-state index is 11.2. The Morgan fingerprint density at radius 1 is 1.50 bits per heavy atom. The number of nitrogens with one attached hydrogen (secondary N) is 1. The van der Waals surface area contributed by atoms with Crippen molar-refractivity contribution in [2.24, 2.45) is 0 Å². The smallest absolute Gasteiger partial charge is 0.352 e. The van der Waals surface area contributed by atoms with E-state index in [0.29, 0.717) is 5.95 Å². The normalized spacial score (nSPS) is 17.1. The van der Waals surface area contributed by atoms with Gasteiger partial charge < -0.3 is 10.4 Å². The molecule has 3 rings (SSSR count). The van der Waals surface area contributed by atoms with Crippen LogP contribution in [0.4, 0.5) is 5.95 Å². The molecule has 0 saturated carbocycles. The van der Waals surface area contributed by atoms with Crippen molar-refractivity contribution in [1.82, 2.24) is 14.8 Å². The molecule has 0 bridgehead atoms. The van der Waals surface area contributed by atoms with Crippen LogP contribution >= 0.6 is 15.9 Å². The van der Waals surface area contributed by atoms with Crippen molar-refractivity contribution < 1.29 is 9.90 Å². The fourth-order valence-electron chi connectivity index (χ4n) is 2.09. The second kappa shape index (κ2) is 4.75. The number of carboxylic acid groups (broad SMARTS) is 1. The lowest BCUT2D eigenvalue weighted by Crippen LogP contribution is -2.24. The number of allylic oxidation sites excluding steroid dienone is 1. The quantitative estimate of drug-likeness (QED) is 0.881. The van der Waals surface area contributed by atoms with Crippen LogP contribution in [-0.4, -0.2) is 25.8 Å². The molecule has 2 aromatic rings. The first-order chi connectivity index (χ1) is 9.56. The Balaban J connectivity index is 2.11. The molecule has 2 heterocycles. The van der Waals surface area contributed by atoms with Gasteiger partial charge in [0.15, 0.2) is 0 Å². The van der Waals surface area contributed by atoms with Gasteiger partial charge in [-0.1, -0.05) is 28.1 Å². The highest BCUT2D eigenvalue weighted by Gasteiger charge is 2.25. The average molecular weight is 335 g/mol. The minimum atomic E-state index is -1.02. The predicted molar refractivity (Wildman–Crippen MR) is 76.4 cm³/mol. The van der Waals surface area contributed by atoms with Crippen molar-refractivity contribution in [1.29, 1.82) is 0 Å². The van der Waals surface area contributed by atoms with Crippen LogP contribution in [0.1, 0.15) is 17.2 Å². The highest BCUT2D eigenvalue weighted by Crippen LogP contribution is 2.30. The van der Waals surface area contributed by atoms with Gasteiger partial charge >= 0.3 is 5.97 Å². The molecule has 0 unspecified atom stereocenters. The van der Waals surface area contributed by atoms with Crippen LogP contribution < -0.4 is 5.32 Å². The van der Waals surface area contributed by atoms with Gasteiger partial charge in [-0.05, 0) is 30.2 Å². The minimum Gasteiger partial charge on any atom is -0.477 e. The molecule has 2 N–H and O–H groups in total. The molecule has 1 aliphatic rings. The number of hydrogen-bond donors (Lipinski definition) is 2. The number of fused-ring (bicyclic) bond motifs is 1. The monoisotopic (exact) mass is 334 g/mol. The summed E-state index contributed by atoms with van der Waals surface area (Å²) in [5.74, 6) is -0.595. The topological polar surface area (TPSA) is 80.0 Å². The summed E-state index contributed by atoms with van der Waals surface area (Å²) in [5, 5.41) is 16.1. The lowest BCUT2D eigenvalue weighted by molar-refractivity contribution is -0.132. The molecule has 1 atom stereocenters. The van der Waals surface area contributed by atoms with Crippen molar-refractivity contribution in [3.63, 3.8) is 0 Å². The molecule has 0 fully saturated rings. The van der Waals surface area contributed by atoms with Gasteiger partial charge in [0.25, 0.3) is 0 Å². The van der Waals surface area contributed by atoms with E-state index in [-0.39, 0.29) is 11.7 Å². The first-order valence-electron chi connectivity index (χ1n) is 5.94. The Bertz CT molecular complexity index is 723. The van der Waals surface area contributed by atoms with Crippen molar-refractivity contribution in [2.45, 2.75) is 13.0 Å². The van der Waals surface area contributed by atoms with Gasteiger partial charge in [0.05, 0.1) is 0 Å². The molecule has 20 heavy (non-hydrogen) atoms. The number of carboxylic acids is 1. The van der Waals surface area contributed by atoms with Crippen LogP contribution in [-0.2, 0) is 4.79 Å². The number of rotatable bonds is 2. The highest BCUT2D eigenvalue weighted by molar-refractivity contribution is 9.10. The van der Waals surface area contributed by atoms with Gasteiger partial charge in [-0.25, -0.2) is 9.48 Å². The van der Waals surface area contributed by atoms with E-state index in [9.17, 15) is 4.79 Å². The number of nitrogens with zero attached hydrogens (tertiary/aromatic N) is 3. The molecular formula is C13H11BrN4O2. The van der Waals surface area contributed by atoms with Gasteiger partial charge in [0.1, 0.15) is 18.1 Å². The highest BCUT2D eigenvalue weighted by atomic mass is 79.9. The Morgan fingerprint density at radius 3 is 3.00 bits per heavy atom. The molecule has 0 saturated heterocycles. The summed E-state index contributed by atoms with van der Waals surface area (Å²) in [7, 11) is 0. The Kier molecular flexibility index (Phi) is 3.06. The lowest BCUT2D eigenvalue weighted by atomic mass is 10.0. The van der Waals surface area contributed by atoms with E-state index in [2.05, 4.69) is 31.3 Å². The molecule has 0 spiro atoms. The van der Waals surface area contributed by atoms with E-state index in [1.165, 1.54) is 6.33 Å². The molecule has 0 radical (unpaired) electrons. The average Bonchev–Trinajstić information content (AvgIpc) is 2.89. The van der Waals surface area contributed by atoms with Crippen LogP contribution in [0.15, 0.2) is 40.8 Å². The van der Waals surface area contributed by atoms with E-state index in [1.54, 1.807) is 10.8 Å². The fraction of sp³-hybridized carbons (Fsp3) is 0.154. The SMILES string of the molecule is Cc1ccc([C@H]2C=C(C(=O)O)Nc3ncnn32)cc1Br. The summed E-state index contributed by atoms with van der Waals surface area (Å²) in [4.78, 5) is 15.2. The number of aliphatic carboxylic acids is 1. The van der Waals surface area contributed by atoms with Crippen molar-refractivity contribution in [3.05, 3.63) is 51.9 Å². The Labute approximate surface area is 123 Å². The van der Waals surface area contributed by atoms with Gasteiger partial charge in [-0.2, -0.15) is 10.1 Å². The van der Waals surface area contributed by atoms with Crippen LogP contribution in [0.3, 0.4) is 0 Å². The van der Waals surface area contributed by atoms with Crippen LogP contribution in [0, 0.1) is 6.92 Å². The summed E-state index contributed by atoms with van der Waals surface area (Å²) in [5.41, 5.74) is 2.16. The summed E-state index contributed by atoms with van der Waals surface area (Å²) in [6.45, 7) is 2.00. The summed E-state index contributed by atoms with van der Waals surface area (Å²) >= 11 is 3.49. The van der Waals surface area contributed by atoms with Crippen LogP contribution in [0.2, 0.25) is 0 Å². The first kappa shape index (κ1) is 12.9. The number of benzene rings is 1. The maximum Gasteiger partial charge on any atom is 0.352 e. The number of carbonyl (C=O) groups is 1. The summed E-state index contributed by atoms with van der Waals surface area (Å²) in [6, 6.07) is 5.60. The summed E-state index contributed by atoms with van der Waals surface area (Å²) in [6.07, 6.45) is 3.03. The minimum absolute atomic E-state index is 0.104. The van der Waals surface area contributed by atoms with Crippen molar-refractivity contribution in [3.8, 4) is 0 Å². The zero-order chi connectivity index (χ0) is 14.3. The van der Waals surface area contributed by atoms with E-state index in [4.69, 9.17) is 5.11 Å². The van der Waals surface area contributed by atoms with Gasteiger partial charge in [-0.15, -0.1) is 0 Å². The van der Waals surface area contributed by atoms with E-state index in [0.717, 1.165) is 15.6 Å². The first-order valence-corrected chi connectivity index (χ1v) is 6.73. The molecule has 102 valence electrons. The van der Waals surface area contributed by atoms with Crippen molar-refractivity contribution in [2.75, 3.05) is 5.32 Å². The van der Waals surface area contributed by atoms with Gasteiger partial charge in [0.2, 0.25) is 5.95 Å². The van der Waals surface area contributed by atoms with E-state index < -0.39 is 5.97 Å². The van der Waals surface area contributed by atoms with Crippen molar-refractivity contribution >= 4 is 27.8 Å². The molecule has 0 amide bonds. The Hall–Kier alpha value is -2.15. The third-order valence-electron chi connectivity index (χ3n) is 3.18. The standard InChI is InChI=1S/C13H11BrN4O2/c1-7-2-3-8(4-9(7)14)11-5-10(12(19)20)17-13-15-6-16-18(11)13/h2-6,11H,1H3,(H,19,20)(H,15,16,17)/t11-/m1/s1. The summed E-state index contributed by atoms with van der Waals surface area (Å²) < 4.78 is 2.63. The molecule has 7 heteroatoms. The molecular weight excluding hydrogens is 324 g/mol. The largest absolute Gasteiger partial charge is 0.477 e.